The lowest BCUT2D eigenvalue weighted by Gasteiger charge is -2.45. The van der Waals surface area contributed by atoms with Gasteiger partial charge in [0.15, 0.2) is 0 Å². The summed E-state index contributed by atoms with van der Waals surface area (Å²) < 4.78 is 5.45. The highest BCUT2D eigenvalue weighted by Crippen LogP contribution is 2.50. The number of hydrogen-bond acceptors (Lipinski definition) is 3. The van der Waals surface area contributed by atoms with Gasteiger partial charge in [-0.05, 0) is 55.9 Å². The van der Waals surface area contributed by atoms with Gasteiger partial charge in [-0.25, -0.2) is 0 Å². The van der Waals surface area contributed by atoms with Gasteiger partial charge in [-0.2, -0.15) is 0 Å². The van der Waals surface area contributed by atoms with Gasteiger partial charge in [0.05, 0.1) is 13.7 Å². The Balaban J connectivity index is 2.46. The van der Waals surface area contributed by atoms with E-state index < -0.39 is 0 Å². The average molecular weight is 263 g/mol. The van der Waals surface area contributed by atoms with Crippen LogP contribution in [0.2, 0.25) is 0 Å². The predicted octanol–water partition coefficient (Wildman–Crippen LogP) is 2.78. The fraction of sp³-hybridized carbons (Fsp3) is 0.625. The first-order valence-corrected chi connectivity index (χ1v) is 6.98. The van der Waals surface area contributed by atoms with E-state index in [1.807, 2.05) is 6.92 Å². The van der Waals surface area contributed by atoms with Crippen LogP contribution in [0.4, 0.5) is 0 Å². The molecule has 0 bridgehead atoms. The molecule has 1 atom stereocenters. The molecule has 0 spiro atoms. The third kappa shape index (κ3) is 2.15. The van der Waals surface area contributed by atoms with E-state index in [9.17, 15) is 5.11 Å². The molecule has 0 amide bonds. The molecule has 1 fully saturated rings. The number of aliphatic hydroxyl groups is 1. The molecule has 1 aliphatic rings. The molecule has 106 valence electrons. The minimum Gasteiger partial charge on any atom is -0.496 e. The summed E-state index contributed by atoms with van der Waals surface area (Å²) in [7, 11) is 1.70. The molecule has 0 heterocycles. The van der Waals surface area contributed by atoms with Crippen LogP contribution in [0.3, 0.4) is 0 Å². The largest absolute Gasteiger partial charge is 0.496 e. The van der Waals surface area contributed by atoms with Crippen molar-refractivity contribution in [3.05, 3.63) is 28.3 Å². The lowest BCUT2D eigenvalue weighted by atomic mass is 9.62. The number of methoxy groups -OCH3 is 1. The summed E-state index contributed by atoms with van der Waals surface area (Å²) in [4.78, 5) is 0. The zero-order valence-electron chi connectivity index (χ0n) is 12.4. The van der Waals surface area contributed by atoms with Gasteiger partial charge in [0.1, 0.15) is 5.75 Å². The van der Waals surface area contributed by atoms with Gasteiger partial charge >= 0.3 is 0 Å². The highest BCUT2D eigenvalue weighted by Gasteiger charge is 2.43. The number of rotatable bonds is 4. The summed E-state index contributed by atoms with van der Waals surface area (Å²) in [6, 6.07) is 2.04. The molecule has 3 N–H and O–H groups in total. The highest BCUT2D eigenvalue weighted by atomic mass is 16.5. The van der Waals surface area contributed by atoms with Gasteiger partial charge in [0.2, 0.25) is 0 Å². The van der Waals surface area contributed by atoms with Gasteiger partial charge in [-0.1, -0.05) is 12.5 Å². The van der Waals surface area contributed by atoms with Crippen LogP contribution in [0, 0.1) is 26.2 Å². The van der Waals surface area contributed by atoms with E-state index in [1.165, 1.54) is 12.0 Å². The molecule has 2 rings (SSSR count). The van der Waals surface area contributed by atoms with Crippen LogP contribution in [0.15, 0.2) is 6.07 Å². The maximum Gasteiger partial charge on any atom is 0.124 e. The first-order chi connectivity index (χ1) is 8.96. The number of benzene rings is 1. The Labute approximate surface area is 115 Å². The summed E-state index contributed by atoms with van der Waals surface area (Å²) >= 11 is 0. The van der Waals surface area contributed by atoms with Crippen molar-refractivity contribution in [1.29, 1.82) is 0 Å². The van der Waals surface area contributed by atoms with Crippen molar-refractivity contribution in [2.24, 2.45) is 11.1 Å². The molecule has 3 heteroatoms. The van der Waals surface area contributed by atoms with Crippen molar-refractivity contribution in [2.45, 2.75) is 46.1 Å². The second kappa shape index (κ2) is 5.14. The lowest BCUT2D eigenvalue weighted by molar-refractivity contribution is 0.0182. The Bertz CT molecular complexity index is 473. The van der Waals surface area contributed by atoms with Gasteiger partial charge < -0.3 is 15.6 Å². The smallest absolute Gasteiger partial charge is 0.124 e. The van der Waals surface area contributed by atoms with E-state index in [2.05, 4.69) is 19.9 Å². The second-order valence-electron chi connectivity index (χ2n) is 5.92. The van der Waals surface area contributed by atoms with Gasteiger partial charge in [0.25, 0.3) is 0 Å². The van der Waals surface area contributed by atoms with Crippen LogP contribution in [0.25, 0.3) is 0 Å². The summed E-state index contributed by atoms with van der Waals surface area (Å²) in [5, 5.41) is 9.69. The van der Waals surface area contributed by atoms with Crippen LogP contribution >= 0.6 is 0 Å². The topological polar surface area (TPSA) is 55.5 Å². The lowest BCUT2D eigenvalue weighted by Crippen LogP contribution is -2.43. The Morgan fingerprint density at radius 2 is 1.95 bits per heavy atom. The SMILES string of the molecule is COc1c(C)cc(C(N)C2(CO)CCC2)c(C)c1C. The molecule has 1 saturated carbocycles. The van der Waals surface area contributed by atoms with Crippen LogP contribution in [-0.2, 0) is 0 Å². The molecule has 3 nitrogen and oxygen atoms in total. The third-order valence-corrected chi connectivity index (χ3v) is 4.93. The van der Waals surface area contributed by atoms with Crippen molar-refractivity contribution < 1.29 is 9.84 Å². The number of aryl methyl sites for hydroxylation is 1. The Morgan fingerprint density at radius 3 is 2.37 bits per heavy atom. The van der Waals surface area contributed by atoms with Crippen molar-refractivity contribution in [3.8, 4) is 5.75 Å². The summed E-state index contributed by atoms with van der Waals surface area (Å²) in [5.74, 6) is 0.945. The van der Waals surface area contributed by atoms with Gasteiger partial charge in [-0.15, -0.1) is 0 Å². The molecule has 19 heavy (non-hydrogen) atoms. The van der Waals surface area contributed by atoms with E-state index in [4.69, 9.17) is 10.5 Å². The summed E-state index contributed by atoms with van der Waals surface area (Å²) in [5.41, 5.74) is 11.0. The van der Waals surface area contributed by atoms with Crippen LogP contribution < -0.4 is 10.5 Å². The maximum absolute atomic E-state index is 9.69. The molecule has 1 aromatic rings. The van der Waals surface area contributed by atoms with Crippen LogP contribution in [0.1, 0.15) is 47.6 Å². The molecule has 0 radical (unpaired) electrons. The number of nitrogens with two attached hydrogens (primary N) is 1. The van der Waals surface area contributed by atoms with Gasteiger partial charge in [0, 0.05) is 11.5 Å². The van der Waals surface area contributed by atoms with Crippen LogP contribution in [0.5, 0.6) is 5.75 Å². The second-order valence-corrected chi connectivity index (χ2v) is 5.92. The first-order valence-electron chi connectivity index (χ1n) is 6.98. The van der Waals surface area contributed by atoms with Gasteiger partial charge in [-0.3, -0.25) is 0 Å². The third-order valence-electron chi connectivity index (χ3n) is 4.93. The summed E-state index contributed by atoms with van der Waals surface area (Å²) in [6.45, 7) is 6.39. The molecule has 1 aromatic carbocycles. The van der Waals surface area contributed by atoms with Crippen molar-refractivity contribution in [2.75, 3.05) is 13.7 Å². The summed E-state index contributed by atoms with van der Waals surface area (Å²) in [6.07, 6.45) is 3.21. The molecule has 1 unspecified atom stereocenters. The zero-order chi connectivity index (χ0) is 14.2. The quantitative estimate of drug-likeness (QED) is 0.878. The molecule has 0 aromatic heterocycles. The minimum atomic E-state index is -0.113. The number of ether oxygens (including phenoxy) is 1. The highest BCUT2D eigenvalue weighted by molar-refractivity contribution is 5.50. The van der Waals surface area contributed by atoms with Crippen LogP contribution in [-0.4, -0.2) is 18.8 Å². The van der Waals surface area contributed by atoms with E-state index in [-0.39, 0.29) is 18.1 Å². The Morgan fingerprint density at radius 1 is 1.32 bits per heavy atom. The Hall–Kier alpha value is -1.06. The van der Waals surface area contributed by atoms with Crippen molar-refractivity contribution >= 4 is 0 Å². The van der Waals surface area contributed by atoms with E-state index in [1.54, 1.807) is 7.11 Å². The van der Waals surface area contributed by atoms with Crippen molar-refractivity contribution in [1.82, 2.24) is 0 Å². The van der Waals surface area contributed by atoms with E-state index in [0.29, 0.717) is 0 Å². The number of aliphatic hydroxyl groups excluding tert-OH is 1. The monoisotopic (exact) mass is 263 g/mol. The van der Waals surface area contributed by atoms with Crippen molar-refractivity contribution in [3.63, 3.8) is 0 Å². The zero-order valence-corrected chi connectivity index (χ0v) is 12.4. The maximum atomic E-state index is 9.69. The molecular weight excluding hydrogens is 238 g/mol. The standard InChI is InChI=1S/C16H25NO2/c1-10-8-13(11(2)12(3)14(10)19-4)15(17)16(9-18)6-5-7-16/h8,15,18H,5-7,9,17H2,1-4H3. The molecule has 0 aliphatic heterocycles. The first kappa shape index (κ1) is 14.4. The predicted molar refractivity (Wildman–Crippen MR) is 77.5 cm³/mol. The average Bonchev–Trinajstić information content (AvgIpc) is 2.33. The van der Waals surface area contributed by atoms with E-state index in [0.717, 1.165) is 35.3 Å². The fourth-order valence-corrected chi connectivity index (χ4v) is 3.25. The van der Waals surface area contributed by atoms with E-state index >= 15 is 0 Å². The molecular formula is C16H25NO2. The molecule has 0 saturated heterocycles. The Kier molecular flexibility index (Phi) is 3.88. The molecule has 1 aliphatic carbocycles. The minimum absolute atomic E-state index is 0.0884. The number of hydrogen-bond donors (Lipinski definition) is 2. The normalized spacial score (nSPS) is 18.8. The fourth-order valence-electron chi connectivity index (χ4n) is 3.25.